The summed E-state index contributed by atoms with van der Waals surface area (Å²) in [4.78, 5) is 1.20. The highest BCUT2D eigenvalue weighted by Gasteiger charge is 2.24. The fraction of sp³-hybridized carbons (Fsp3) is 0.400. The first-order chi connectivity index (χ1) is 7.88. The Labute approximate surface area is 96.3 Å². The van der Waals surface area contributed by atoms with Crippen LogP contribution in [-0.4, -0.2) is 20.1 Å². The van der Waals surface area contributed by atoms with E-state index in [4.69, 9.17) is 9.84 Å². The highest BCUT2D eigenvalue weighted by molar-refractivity contribution is 7.10. The van der Waals surface area contributed by atoms with Crippen molar-refractivity contribution in [3.8, 4) is 0 Å². The Morgan fingerprint density at radius 1 is 1.62 bits per heavy atom. The van der Waals surface area contributed by atoms with Crippen molar-refractivity contribution in [2.24, 2.45) is 0 Å². The van der Waals surface area contributed by atoms with E-state index in [1.807, 2.05) is 16.1 Å². The van der Waals surface area contributed by atoms with Crippen LogP contribution < -0.4 is 0 Å². The van der Waals surface area contributed by atoms with Crippen LogP contribution in [0.3, 0.4) is 0 Å². The van der Waals surface area contributed by atoms with Gasteiger partial charge >= 0.3 is 0 Å². The number of hydrogen-bond donors (Lipinski definition) is 1. The highest BCUT2D eigenvalue weighted by atomic mass is 32.1. The number of fused-ring (bicyclic) bond motifs is 1. The number of thiophene rings is 1. The first kappa shape index (κ1) is 9.95. The van der Waals surface area contributed by atoms with Crippen LogP contribution in [0.5, 0.6) is 0 Å². The fourth-order valence-electron chi connectivity index (χ4n) is 1.83. The number of aliphatic hydroxyl groups is 1. The van der Waals surface area contributed by atoms with Gasteiger partial charge in [0.05, 0.1) is 25.5 Å². The molecule has 0 saturated carbocycles. The molecule has 0 unspecified atom stereocenters. The number of nitrogens with zero attached hydrogens (tertiary/aromatic N) is 3. The summed E-state index contributed by atoms with van der Waals surface area (Å²) in [6.45, 7) is 1.05. The quantitative estimate of drug-likeness (QED) is 0.849. The van der Waals surface area contributed by atoms with Gasteiger partial charge in [-0.2, -0.15) is 0 Å². The average Bonchev–Trinajstić information content (AvgIpc) is 2.97. The van der Waals surface area contributed by atoms with E-state index in [1.165, 1.54) is 4.88 Å². The van der Waals surface area contributed by atoms with Crippen LogP contribution in [-0.2, 0) is 24.5 Å². The molecule has 0 spiro atoms. The summed E-state index contributed by atoms with van der Waals surface area (Å²) in [6.07, 6.45) is 0.0562. The Kier molecular flexibility index (Phi) is 2.47. The second-order valence-electron chi connectivity index (χ2n) is 3.64. The second-order valence-corrected chi connectivity index (χ2v) is 4.62. The van der Waals surface area contributed by atoms with Crippen molar-refractivity contribution in [3.05, 3.63) is 33.8 Å². The van der Waals surface area contributed by atoms with Crippen LogP contribution in [0.1, 0.15) is 22.4 Å². The summed E-state index contributed by atoms with van der Waals surface area (Å²) in [5.74, 6) is 0. The fourth-order valence-corrected chi connectivity index (χ4v) is 2.60. The molecule has 0 aromatic carbocycles. The van der Waals surface area contributed by atoms with Gasteiger partial charge in [0, 0.05) is 4.88 Å². The van der Waals surface area contributed by atoms with Crippen LogP contribution in [0.4, 0.5) is 0 Å². The Bertz CT molecular complexity index is 480. The van der Waals surface area contributed by atoms with Crippen molar-refractivity contribution in [1.82, 2.24) is 15.0 Å². The minimum absolute atomic E-state index is 0.0562. The van der Waals surface area contributed by atoms with E-state index in [0.717, 1.165) is 5.69 Å². The van der Waals surface area contributed by atoms with Crippen molar-refractivity contribution < 1.29 is 9.84 Å². The van der Waals surface area contributed by atoms with Crippen LogP contribution >= 0.6 is 11.3 Å². The smallest absolute Gasteiger partial charge is 0.114 e. The first-order valence-corrected chi connectivity index (χ1v) is 5.93. The van der Waals surface area contributed by atoms with Crippen molar-refractivity contribution >= 4 is 11.3 Å². The lowest BCUT2D eigenvalue weighted by atomic mass is 10.2. The standard InChI is InChI=1S/C10H11N3O2S/c14-5-7-8-6-15-9(4-13(8)12-11-7)10-2-1-3-16-10/h1-3,9,14H,4-6H2/t9-/m0/s1. The maximum Gasteiger partial charge on any atom is 0.114 e. The van der Waals surface area contributed by atoms with Gasteiger partial charge in [-0.25, -0.2) is 4.68 Å². The van der Waals surface area contributed by atoms with Gasteiger partial charge in [-0.3, -0.25) is 0 Å². The van der Waals surface area contributed by atoms with Gasteiger partial charge < -0.3 is 9.84 Å². The van der Waals surface area contributed by atoms with Crippen LogP contribution in [0.15, 0.2) is 17.5 Å². The number of rotatable bonds is 2. The van der Waals surface area contributed by atoms with Crippen molar-refractivity contribution in [1.29, 1.82) is 0 Å². The third-order valence-corrected chi connectivity index (χ3v) is 3.65. The lowest BCUT2D eigenvalue weighted by Crippen LogP contribution is -2.21. The van der Waals surface area contributed by atoms with E-state index in [-0.39, 0.29) is 12.7 Å². The second kappa shape index (κ2) is 3.97. The molecule has 84 valence electrons. The molecule has 2 aromatic rings. The molecule has 1 aliphatic heterocycles. The molecule has 1 N–H and O–H groups in total. The van der Waals surface area contributed by atoms with Crippen LogP contribution in [0, 0.1) is 0 Å². The summed E-state index contributed by atoms with van der Waals surface area (Å²) in [7, 11) is 0. The molecule has 0 amide bonds. The molecule has 1 atom stereocenters. The molecule has 5 nitrogen and oxygen atoms in total. The maximum absolute atomic E-state index is 9.06. The zero-order chi connectivity index (χ0) is 11.0. The van der Waals surface area contributed by atoms with Gasteiger partial charge in [-0.1, -0.05) is 11.3 Å². The Morgan fingerprint density at radius 2 is 2.56 bits per heavy atom. The molecule has 0 bridgehead atoms. The molecule has 6 heteroatoms. The van der Waals surface area contributed by atoms with Gasteiger partial charge in [0.25, 0.3) is 0 Å². The molecule has 16 heavy (non-hydrogen) atoms. The van der Waals surface area contributed by atoms with E-state index in [1.54, 1.807) is 11.3 Å². The minimum atomic E-state index is -0.0810. The van der Waals surface area contributed by atoms with Crippen molar-refractivity contribution in [2.45, 2.75) is 25.9 Å². The minimum Gasteiger partial charge on any atom is -0.390 e. The van der Waals surface area contributed by atoms with E-state index in [0.29, 0.717) is 18.8 Å². The van der Waals surface area contributed by atoms with Gasteiger partial charge in [0.1, 0.15) is 11.8 Å². The van der Waals surface area contributed by atoms with Gasteiger partial charge in [-0.05, 0) is 11.4 Å². The molecule has 2 aromatic heterocycles. The lowest BCUT2D eigenvalue weighted by molar-refractivity contribution is -0.000105. The monoisotopic (exact) mass is 237 g/mol. The summed E-state index contributed by atoms with van der Waals surface area (Å²) < 4.78 is 7.57. The summed E-state index contributed by atoms with van der Waals surface area (Å²) >= 11 is 1.68. The third kappa shape index (κ3) is 1.55. The summed E-state index contributed by atoms with van der Waals surface area (Å²) in [5, 5.41) is 19.0. The molecule has 1 aliphatic rings. The van der Waals surface area contributed by atoms with E-state index in [2.05, 4.69) is 16.4 Å². The predicted octanol–water partition coefficient (Wildman–Crippen LogP) is 1.10. The molecule has 3 heterocycles. The summed E-state index contributed by atoms with van der Waals surface area (Å²) in [6, 6.07) is 4.07. The van der Waals surface area contributed by atoms with Gasteiger partial charge in [0.2, 0.25) is 0 Å². The molecular weight excluding hydrogens is 226 g/mol. The molecule has 3 rings (SSSR count). The zero-order valence-corrected chi connectivity index (χ0v) is 9.35. The predicted molar refractivity (Wildman–Crippen MR) is 57.8 cm³/mol. The topological polar surface area (TPSA) is 60.2 Å². The lowest BCUT2D eigenvalue weighted by Gasteiger charge is -2.22. The van der Waals surface area contributed by atoms with Crippen LogP contribution in [0.2, 0.25) is 0 Å². The Morgan fingerprint density at radius 3 is 3.31 bits per heavy atom. The largest absolute Gasteiger partial charge is 0.390 e. The third-order valence-electron chi connectivity index (χ3n) is 2.69. The van der Waals surface area contributed by atoms with E-state index >= 15 is 0 Å². The highest BCUT2D eigenvalue weighted by Crippen LogP contribution is 2.29. The van der Waals surface area contributed by atoms with Gasteiger partial charge in [0.15, 0.2) is 0 Å². The maximum atomic E-state index is 9.06. The van der Waals surface area contributed by atoms with Gasteiger partial charge in [-0.15, -0.1) is 16.4 Å². The number of ether oxygens (including phenoxy) is 1. The van der Waals surface area contributed by atoms with E-state index < -0.39 is 0 Å². The number of hydrogen-bond acceptors (Lipinski definition) is 5. The number of aliphatic hydroxyl groups excluding tert-OH is 1. The molecular formula is C10H11N3O2S. The average molecular weight is 237 g/mol. The normalized spacial score (nSPS) is 19.7. The number of aromatic nitrogens is 3. The molecule has 0 radical (unpaired) electrons. The first-order valence-electron chi connectivity index (χ1n) is 5.05. The summed E-state index contributed by atoms with van der Waals surface area (Å²) in [5.41, 5.74) is 1.50. The Balaban J connectivity index is 1.87. The van der Waals surface area contributed by atoms with Crippen molar-refractivity contribution in [2.75, 3.05) is 0 Å². The van der Waals surface area contributed by atoms with E-state index in [9.17, 15) is 0 Å². The Hall–Kier alpha value is -1.24. The van der Waals surface area contributed by atoms with Crippen LogP contribution in [0.25, 0.3) is 0 Å². The molecule has 0 saturated heterocycles. The molecule has 0 aliphatic carbocycles. The SMILES string of the molecule is OCc1nnn2c1CO[C@H](c1cccs1)C2. The molecule has 0 fully saturated rings. The van der Waals surface area contributed by atoms with Crippen molar-refractivity contribution in [3.63, 3.8) is 0 Å². The zero-order valence-electron chi connectivity index (χ0n) is 8.54.